The topological polar surface area (TPSA) is 70.6 Å². The molecule has 8 heteroatoms. The van der Waals surface area contributed by atoms with Crippen LogP contribution in [0, 0.1) is 5.92 Å². The van der Waals surface area contributed by atoms with E-state index in [1.165, 1.54) is 0 Å². The molecule has 0 bridgehead atoms. The number of rotatable bonds is 2. The fourth-order valence-electron chi connectivity index (χ4n) is 3.79. The minimum atomic E-state index is -4.60. The summed E-state index contributed by atoms with van der Waals surface area (Å²) in [6.07, 6.45) is -3.57. The lowest BCUT2D eigenvalue weighted by Crippen LogP contribution is -2.65. The van der Waals surface area contributed by atoms with E-state index in [0.29, 0.717) is 19.6 Å². The smallest absolute Gasteiger partial charge is 0.380 e. The highest BCUT2D eigenvalue weighted by Gasteiger charge is 2.54. The van der Waals surface area contributed by atoms with Crippen molar-refractivity contribution in [2.45, 2.75) is 61.9 Å². The largest absolute Gasteiger partial charge is 0.417 e. The van der Waals surface area contributed by atoms with Gasteiger partial charge in [-0.15, -0.1) is 0 Å². The summed E-state index contributed by atoms with van der Waals surface area (Å²) >= 11 is 0. The van der Waals surface area contributed by atoms with Crippen LogP contribution in [-0.2, 0) is 9.53 Å². The summed E-state index contributed by atoms with van der Waals surface area (Å²) in [5.74, 6) is -0.205. The third-order valence-electron chi connectivity index (χ3n) is 5.44. The zero-order valence-electron chi connectivity index (χ0n) is 12.9. The maximum absolute atomic E-state index is 12.8. The van der Waals surface area contributed by atoms with Gasteiger partial charge in [0.2, 0.25) is 5.91 Å². The number of alkyl halides is 3. The van der Waals surface area contributed by atoms with Gasteiger partial charge in [-0.25, -0.2) is 0 Å². The quantitative estimate of drug-likeness (QED) is 0.706. The first-order chi connectivity index (χ1) is 10.7. The highest BCUT2D eigenvalue weighted by Crippen LogP contribution is 2.41. The SMILES string of the molecule is O=C(NC1CCC(O)(C(F)(F)F)CC1)C1CCNC2(COC2)C1. The van der Waals surface area contributed by atoms with Crippen LogP contribution < -0.4 is 10.6 Å². The Morgan fingerprint density at radius 3 is 2.39 bits per heavy atom. The van der Waals surface area contributed by atoms with Gasteiger partial charge >= 0.3 is 6.18 Å². The van der Waals surface area contributed by atoms with Gasteiger partial charge in [0.15, 0.2) is 5.60 Å². The molecule has 0 aromatic heterocycles. The zero-order valence-corrected chi connectivity index (χ0v) is 12.9. The Kier molecular flexibility index (Phi) is 4.35. The molecule has 0 aromatic carbocycles. The monoisotopic (exact) mass is 336 g/mol. The van der Waals surface area contributed by atoms with Crippen LogP contribution in [0.3, 0.4) is 0 Å². The molecule has 2 saturated heterocycles. The standard InChI is InChI=1S/C15H23F3N2O3/c16-15(17,18)14(22)4-1-11(2-5-14)20-12(21)10-3-6-19-13(7-10)8-23-9-13/h10-11,19,22H,1-9H2,(H,20,21). The van der Waals surface area contributed by atoms with Crippen molar-refractivity contribution < 1.29 is 27.8 Å². The number of aliphatic hydroxyl groups is 1. The van der Waals surface area contributed by atoms with Crippen LogP contribution in [0.4, 0.5) is 13.2 Å². The Hall–Kier alpha value is -0.860. The molecule has 3 fully saturated rings. The van der Waals surface area contributed by atoms with Crippen molar-refractivity contribution >= 4 is 5.91 Å². The van der Waals surface area contributed by atoms with E-state index in [4.69, 9.17) is 4.74 Å². The summed E-state index contributed by atoms with van der Waals surface area (Å²) in [6, 6.07) is -0.284. The van der Waals surface area contributed by atoms with E-state index in [9.17, 15) is 23.1 Å². The summed E-state index contributed by atoms with van der Waals surface area (Å²) in [6.45, 7) is 1.97. The van der Waals surface area contributed by atoms with Crippen LogP contribution in [0.5, 0.6) is 0 Å². The molecule has 5 nitrogen and oxygen atoms in total. The van der Waals surface area contributed by atoms with E-state index in [1.807, 2.05) is 0 Å². The highest BCUT2D eigenvalue weighted by molar-refractivity contribution is 5.79. The van der Waals surface area contributed by atoms with Crippen LogP contribution in [0.1, 0.15) is 38.5 Å². The van der Waals surface area contributed by atoms with E-state index >= 15 is 0 Å². The van der Waals surface area contributed by atoms with E-state index < -0.39 is 11.8 Å². The minimum absolute atomic E-state index is 0.0831. The number of nitrogens with one attached hydrogen (secondary N) is 2. The molecule has 2 heterocycles. The van der Waals surface area contributed by atoms with Gasteiger partial charge in [-0.3, -0.25) is 4.79 Å². The molecule has 3 rings (SSSR count). The van der Waals surface area contributed by atoms with Gasteiger partial charge in [0.05, 0.1) is 18.8 Å². The van der Waals surface area contributed by atoms with Crippen LogP contribution in [0.2, 0.25) is 0 Å². The van der Waals surface area contributed by atoms with Gasteiger partial charge in [0, 0.05) is 12.0 Å². The van der Waals surface area contributed by atoms with Crippen molar-refractivity contribution in [1.29, 1.82) is 0 Å². The zero-order chi connectivity index (χ0) is 16.7. The van der Waals surface area contributed by atoms with Gasteiger partial charge < -0.3 is 20.5 Å². The molecule has 3 aliphatic rings. The number of hydrogen-bond donors (Lipinski definition) is 3. The van der Waals surface area contributed by atoms with Crippen molar-refractivity contribution in [3.05, 3.63) is 0 Å². The fraction of sp³-hybridized carbons (Fsp3) is 0.933. The van der Waals surface area contributed by atoms with Crippen LogP contribution in [0.25, 0.3) is 0 Å². The van der Waals surface area contributed by atoms with Crippen molar-refractivity contribution in [2.75, 3.05) is 19.8 Å². The first-order valence-electron chi connectivity index (χ1n) is 8.15. The van der Waals surface area contributed by atoms with Gasteiger partial charge in [-0.05, 0) is 45.1 Å². The molecular formula is C15H23F3N2O3. The molecule has 1 spiro atoms. The van der Waals surface area contributed by atoms with Gasteiger partial charge in [0.1, 0.15) is 0 Å². The summed E-state index contributed by atoms with van der Waals surface area (Å²) in [7, 11) is 0. The summed E-state index contributed by atoms with van der Waals surface area (Å²) in [5, 5.41) is 15.9. The first-order valence-corrected chi connectivity index (χ1v) is 8.15. The minimum Gasteiger partial charge on any atom is -0.380 e. The molecule has 132 valence electrons. The molecule has 1 atom stereocenters. The number of piperidine rings is 1. The second-order valence-corrected chi connectivity index (χ2v) is 7.20. The molecule has 1 saturated carbocycles. The predicted octanol–water partition coefficient (Wildman–Crippen LogP) is 1.11. The van der Waals surface area contributed by atoms with Crippen LogP contribution in [-0.4, -0.2) is 54.1 Å². The second-order valence-electron chi connectivity index (χ2n) is 7.20. The molecule has 0 aromatic rings. The number of carbonyl (C=O) groups excluding carboxylic acids is 1. The van der Waals surface area contributed by atoms with E-state index in [-0.39, 0.29) is 49.1 Å². The molecule has 1 unspecified atom stereocenters. The van der Waals surface area contributed by atoms with E-state index in [1.54, 1.807) is 0 Å². The number of ether oxygens (including phenoxy) is 1. The van der Waals surface area contributed by atoms with Crippen molar-refractivity contribution in [1.82, 2.24) is 10.6 Å². The third-order valence-corrected chi connectivity index (χ3v) is 5.44. The van der Waals surface area contributed by atoms with E-state index in [0.717, 1.165) is 13.0 Å². The lowest BCUT2D eigenvalue weighted by molar-refractivity contribution is -0.270. The van der Waals surface area contributed by atoms with Crippen molar-refractivity contribution in [3.63, 3.8) is 0 Å². The molecule has 0 radical (unpaired) electrons. The third kappa shape index (κ3) is 3.34. The van der Waals surface area contributed by atoms with Crippen molar-refractivity contribution in [2.24, 2.45) is 5.92 Å². The maximum atomic E-state index is 12.8. The maximum Gasteiger partial charge on any atom is 0.417 e. The number of hydrogen-bond acceptors (Lipinski definition) is 4. The average Bonchev–Trinajstić information content (AvgIpc) is 2.47. The molecule has 3 N–H and O–H groups in total. The Bertz CT molecular complexity index is 457. The first kappa shape index (κ1) is 17.0. The van der Waals surface area contributed by atoms with Crippen LogP contribution >= 0.6 is 0 Å². The normalized spacial score (nSPS) is 37.2. The van der Waals surface area contributed by atoms with Gasteiger partial charge in [-0.2, -0.15) is 13.2 Å². The fourth-order valence-corrected chi connectivity index (χ4v) is 3.79. The summed E-state index contributed by atoms with van der Waals surface area (Å²) in [4.78, 5) is 12.4. The number of carbonyl (C=O) groups is 1. The average molecular weight is 336 g/mol. The Balaban J connectivity index is 1.50. The van der Waals surface area contributed by atoms with Gasteiger partial charge in [-0.1, -0.05) is 0 Å². The summed E-state index contributed by atoms with van der Waals surface area (Å²) in [5.41, 5.74) is -2.69. The molecule has 1 amide bonds. The molecule has 1 aliphatic carbocycles. The Morgan fingerprint density at radius 2 is 1.87 bits per heavy atom. The van der Waals surface area contributed by atoms with E-state index in [2.05, 4.69) is 10.6 Å². The molecule has 23 heavy (non-hydrogen) atoms. The highest BCUT2D eigenvalue weighted by atomic mass is 19.4. The molecular weight excluding hydrogens is 313 g/mol. The lowest BCUT2D eigenvalue weighted by Gasteiger charge is -2.47. The Morgan fingerprint density at radius 1 is 1.22 bits per heavy atom. The molecule has 2 aliphatic heterocycles. The predicted molar refractivity (Wildman–Crippen MR) is 75.7 cm³/mol. The number of amides is 1. The second kappa shape index (κ2) is 5.89. The van der Waals surface area contributed by atoms with Crippen molar-refractivity contribution in [3.8, 4) is 0 Å². The lowest BCUT2D eigenvalue weighted by atomic mass is 9.79. The number of halogens is 3. The van der Waals surface area contributed by atoms with Crippen LogP contribution in [0.15, 0.2) is 0 Å². The Labute approximate surface area is 132 Å². The summed E-state index contributed by atoms with van der Waals surface area (Å²) < 4.78 is 43.6. The van der Waals surface area contributed by atoms with Gasteiger partial charge in [0.25, 0.3) is 0 Å².